The van der Waals surface area contributed by atoms with E-state index < -0.39 is 5.97 Å². The maximum atomic E-state index is 10.6. The minimum Gasteiger partial charge on any atom is -0.477 e. The molecule has 3 nitrogen and oxygen atoms in total. The quantitative estimate of drug-likeness (QED) is 0.590. The van der Waals surface area contributed by atoms with Gasteiger partial charge in [-0.1, -0.05) is 23.8 Å². The first-order valence-electron chi connectivity index (χ1n) is 4.47. The van der Waals surface area contributed by atoms with Gasteiger partial charge in [0.25, 0.3) is 0 Å². The minimum atomic E-state index is -1.20. The summed E-state index contributed by atoms with van der Waals surface area (Å²) in [6, 6.07) is 7.36. The summed E-state index contributed by atoms with van der Waals surface area (Å²) in [4.78, 5) is 10.6. The highest BCUT2D eigenvalue weighted by Crippen LogP contribution is 2.14. The normalized spacial score (nSPS) is 10.9. The number of benzene rings is 1. The van der Waals surface area contributed by atoms with E-state index in [1.54, 1.807) is 6.07 Å². The fraction of sp³-hybridized carbons (Fsp3) is 0.167. The Hall–Kier alpha value is -2.08. The van der Waals surface area contributed by atoms with Crippen LogP contribution in [-0.2, 0) is 4.79 Å². The van der Waals surface area contributed by atoms with Crippen LogP contribution in [-0.4, -0.2) is 11.1 Å². The molecule has 0 aliphatic carbocycles. The Kier molecular flexibility index (Phi) is 3.25. The van der Waals surface area contributed by atoms with Crippen molar-refractivity contribution in [3.63, 3.8) is 0 Å². The van der Waals surface area contributed by atoms with E-state index in [-0.39, 0.29) is 5.57 Å². The Labute approximate surface area is 88.3 Å². The smallest absolute Gasteiger partial charge is 0.346 e. The molecule has 1 aromatic carbocycles. The molecule has 0 atom stereocenters. The topological polar surface area (TPSA) is 61.1 Å². The van der Waals surface area contributed by atoms with Crippen molar-refractivity contribution < 1.29 is 9.90 Å². The van der Waals surface area contributed by atoms with E-state index in [9.17, 15) is 4.79 Å². The molecule has 0 fully saturated rings. The number of aliphatic carboxylic acids is 1. The summed E-state index contributed by atoms with van der Waals surface area (Å²) in [7, 11) is 0. The van der Waals surface area contributed by atoms with Gasteiger partial charge in [0.2, 0.25) is 0 Å². The zero-order chi connectivity index (χ0) is 11.4. The third-order valence-electron chi connectivity index (χ3n) is 2.09. The van der Waals surface area contributed by atoms with Gasteiger partial charge in [-0.25, -0.2) is 4.79 Å². The van der Waals surface area contributed by atoms with Crippen LogP contribution in [0.4, 0.5) is 0 Å². The van der Waals surface area contributed by atoms with Crippen LogP contribution >= 0.6 is 0 Å². The van der Waals surface area contributed by atoms with Gasteiger partial charge in [0.1, 0.15) is 11.6 Å². The van der Waals surface area contributed by atoms with Gasteiger partial charge in [0, 0.05) is 0 Å². The molecule has 0 unspecified atom stereocenters. The summed E-state index contributed by atoms with van der Waals surface area (Å²) in [6.45, 7) is 3.80. The number of carbonyl (C=O) groups is 1. The molecule has 76 valence electrons. The second-order valence-corrected chi connectivity index (χ2v) is 3.34. The first kappa shape index (κ1) is 11.0. The molecule has 0 saturated heterocycles. The van der Waals surface area contributed by atoms with Crippen molar-refractivity contribution in [1.29, 1.82) is 5.26 Å². The van der Waals surface area contributed by atoms with Crippen molar-refractivity contribution in [3.8, 4) is 6.07 Å². The largest absolute Gasteiger partial charge is 0.477 e. The summed E-state index contributed by atoms with van der Waals surface area (Å²) >= 11 is 0. The van der Waals surface area contributed by atoms with E-state index in [1.807, 2.05) is 32.0 Å². The van der Waals surface area contributed by atoms with E-state index in [0.717, 1.165) is 16.7 Å². The summed E-state index contributed by atoms with van der Waals surface area (Å²) in [6.07, 6.45) is 1.39. The lowest BCUT2D eigenvalue weighted by Crippen LogP contribution is -1.98. The lowest BCUT2D eigenvalue weighted by atomic mass is 10.0. The van der Waals surface area contributed by atoms with Gasteiger partial charge in [0.15, 0.2) is 0 Å². The van der Waals surface area contributed by atoms with Gasteiger partial charge in [0.05, 0.1) is 0 Å². The van der Waals surface area contributed by atoms with Crippen molar-refractivity contribution >= 4 is 12.0 Å². The van der Waals surface area contributed by atoms with Gasteiger partial charge in [-0.3, -0.25) is 0 Å². The second-order valence-electron chi connectivity index (χ2n) is 3.34. The molecule has 0 bridgehead atoms. The van der Waals surface area contributed by atoms with Crippen molar-refractivity contribution in [2.75, 3.05) is 0 Å². The van der Waals surface area contributed by atoms with Crippen molar-refractivity contribution in [2.24, 2.45) is 0 Å². The fourth-order valence-electron chi connectivity index (χ4n) is 1.21. The first-order valence-corrected chi connectivity index (χ1v) is 4.47. The highest BCUT2D eigenvalue weighted by Gasteiger charge is 2.06. The fourth-order valence-corrected chi connectivity index (χ4v) is 1.21. The van der Waals surface area contributed by atoms with Gasteiger partial charge < -0.3 is 5.11 Å². The molecule has 1 rings (SSSR count). The lowest BCUT2D eigenvalue weighted by Gasteiger charge is -2.01. The molecular weight excluding hydrogens is 190 g/mol. The molecule has 0 amide bonds. The second kappa shape index (κ2) is 4.43. The number of nitriles is 1. The summed E-state index contributed by atoms with van der Waals surface area (Å²) in [5.41, 5.74) is 2.52. The average Bonchev–Trinajstić information content (AvgIpc) is 2.18. The van der Waals surface area contributed by atoms with Gasteiger partial charge in [-0.2, -0.15) is 5.26 Å². The van der Waals surface area contributed by atoms with Crippen molar-refractivity contribution in [2.45, 2.75) is 13.8 Å². The molecule has 0 aromatic heterocycles. The average molecular weight is 201 g/mol. The molecule has 0 radical (unpaired) electrons. The number of hydrogen-bond donors (Lipinski definition) is 1. The molecule has 0 spiro atoms. The molecule has 0 aliphatic heterocycles. The molecule has 3 heteroatoms. The molecule has 0 heterocycles. The Bertz CT molecular complexity index is 467. The maximum absolute atomic E-state index is 10.6. The third-order valence-corrected chi connectivity index (χ3v) is 2.09. The van der Waals surface area contributed by atoms with Crippen LogP contribution in [0.5, 0.6) is 0 Å². The van der Waals surface area contributed by atoms with Gasteiger partial charge in [-0.15, -0.1) is 0 Å². The molecule has 1 N–H and O–H groups in total. The van der Waals surface area contributed by atoms with Crippen LogP contribution in [0.3, 0.4) is 0 Å². The maximum Gasteiger partial charge on any atom is 0.346 e. The Morgan fingerprint density at radius 2 is 2.13 bits per heavy atom. The molecule has 15 heavy (non-hydrogen) atoms. The van der Waals surface area contributed by atoms with E-state index in [4.69, 9.17) is 10.4 Å². The predicted molar refractivity (Wildman–Crippen MR) is 57.1 cm³/mol. The van der Waals surface area contributed by atoms with E-state index in [2.05, 4.69) is 0 Å². The van der Waals surface area contributed by atoms with Crippen LogP contribution in [0.1, 0.15) is 16.7 Å². The summed E-state index contributed by atoms with van der Waals surface area (Å²) < 4.78 is 0. The SMILES string of the molecule is Cc1ccc(C)c(/C=C(/C#N)C(=O)O)c1. The van der Waals surface area contributed by atoms with Gasteiger partial charge >= 0.3 is 5.97 Å². The molecule has 0 aliphatic rings. The standard InChI is InChI=1S/C12H11NO2/c1-8-3-4-9(2)10(5-8)6-11(7-13)12(14)15/h3-6H,1-2H3,(H,14,15)/b11-6-. The highest BCUT2D eigenvalue weighted by atomic mass is 16.4. The number of nitrogens with zero attached hydrogens (tertiary/aromatic N) is 1. The Balaban J connectivity index is 3.23. The van der Waals surface area contributed by atoms with E-state index >= 15 is 0 Å². The zero-order valence-corrected chi connectivity index (χ0v) is 8.61. The number of carboxylic acids is 1. The zero-order valence-electron chi connectivity index (χ0n) is 8.61. The van der Waals surface area contributed by atoms with Crippen LogP contribution in [0.2, 0.25) is 0 Å². The van der Waals surface area contributed by atoms with Crippen molar-refractivity contribution in [3.05, 3.63) is 40.5 Å². The molecule has 0 saturated carbocycles. The summed E-state index contributed by atoms with van der Waals surface area (Å²) in [5, 5.41) is 17.3. The Morgan fingerprint density at radius 3 is 2.67 bits per heavy atom. The van der Waals surface area contributed by atoms with Gasteiger partial charge in [-0.05, 0) is 31.1 Å². The van der Waals surface area contributed by atoms with Crippen LogP contribution in [0.25, 0.3) is 6.08 Å². The van der Waals surface area contributed by atoms with Crippen LogP contribution in [0, 0.1) is 25.2 Å². The highest BCUT2D eigenvalue weighted by molar-refractivity contribution is 5.96. The first-order chi connectivity index (χ1) is 7.04. The lowest BCUT2D eigenvalue weighted by molar-refractivity contribution is -0.132. The number of rotatable bonds is 2. The number of carboxylic acid groups (broad SMARTS) is 1. The minimum absolute atomic E-state index is 0.247. The molecule has 1 aromatic rings. The summed E-state index contributed by atoms with van der Waals surface area (Å²) in [5.74, 6) is -1.20. The monoisotopic (exact) mass is 201 g/mol. The molecular formula is C12H11NO2. The van der Waals surface area contributed by atoms with Crippen molar-refractivity contribution in [1.82, 2.24) is 0 Å². The predicted octanol–water partition coefficient (Wildman–Crippen LogP) is 2.30. The number of aryl methyl sites for hydroxylation is 2. The van der Waals surface area contributed by atoms with Crippen LogP contribution in [0.15, 0.2) is 23.8 Å². The van der Waals surface area contributed by atoms with E-state index in [1.165, 1.54) is 6.08 Å². The Morgan fingerprint density at radius 1 is 1.47 bits per heavy atom. The van der Waals surface area contributed by atoms with Crippen LogP contribution < -0.4 is 0 Å². The third kappa shape index (κ3) is 2.68. The number of hydrogen-bond acceptors (Lipinski definition) is 2. The van der Waals surface area contributed by atoms with E-state index in [0.29, 0.717) is 0 Å².